The van der Waals surface area contributed by atoms with E-state index in [1.54, 1.807) is 18.5 Å². The summed E-state index contributed by atoms with van der Waals surface area (Å²) in [5, 5.41) is 10.8. The first-order chi connectivity index (χ1) is 13.7. The van der Waals surface area contributed by atoms with Crippen LogP contribution in [0.15, 0.2) is 30.7 Å². The minimum absolute atomic E-state index is 0.00905. The standard InChI is InChI=1S/C19H19ClN6O2/c20-19-23-5-1-17(24-19)25-6-2-14(3-7-25)18(27)26-16(4-8-28-26)15-9-13(10-21)11-22-12-15/h1,5,9,11-12,14,16H,2-4,6-8H2/t16-/m0/s1. The number of carbonyl (C=O) groups is 1. The summed E-state index contributed by atoms with van der Waals surface area (Å²) in [6.45, 7) is 1.91. The number of carbonyl (C=O) groups excluding carboxylic acids is 1. The van der Waals surface area contributed by atoms with Gasteiger partial charge in [0.25, 0.3) is 0 Å². The number of nitrogens with zero attached hydrogens (tertiary/aromatic N) is 6. The van der Waals surface area contributed by atoms with Crippen LogP contribution in [0, 0.1) is 17.2 Å². The van der Waals surface area contributed by atoms with Gasteiger partial charge in [-0.3, -0.25) is 14.6 Å². The van der Waals surface area contributed by atoms with E-state index in [1.165, 1.54) is 11.3 Å². The molecule has 8 nitrogen and oxygen atoms in total. The van der Waals surface area contributed by atoms with Crippen molar-refractivity contribution in [2.24, 2.45) is 5.92 Å². The highest BCUT2D eigenvalue weighted by molar-refractivity contribution is 6.28. The van der Waals surface area contributed by atoms with Crippen molar-refractivity contribution < 1.29 is 9.63 Å². The van der Waals surface area contributed by atoms with Crippen molar-refractivity contribution in [2.45, 2.75) is 25.3 Å². The molecular weight excluding hydrogens is 380 g/mol. The molecule has 0 spiro atoms. The van der Waals surface area contributed by atoms with Crippen molar-refractivity contribution in [1.82, 2.24) is 20.0 Å². The lowest BCUT2D eigenvalue weighted by Crippen LogP contribution is -2.42. The molecule has 2 saturated heterocycles. The van der Waals surface area contributed by atoms with Crippen LogP contribution in [0.4, 0.5) is 5.82 Å². The van der Waals surface area contributed by atoms with Crippen molar-refractivity contribution >= 4 is 23.3 Å². The molecule has 28 heavy (non-hydrogen) atoms. The summed E-state index contributed by atoms with van der Waals surface area (Å²) in [7, 11) is 0. The molecule has 2 fully saturated rings. The molecule has 2 aromatic heterocycles. The largest absolute Gasteiger partial charge is 0.356 e. The first kappa shape index (κ1) is 18.6. The summed E-state index contributed by atoms with van der Waals surface area (Å²) in [5.41, 5.74) is 1.31. The Hall–Kier alpha value is -2.76. The quantitative estimate of drug-likeness (QED) is 0.733. The molecule has 0 saturated carbocycles. The van der Waals surface area contributed by atoms with E-state index < -0.39 is 0 Å². The fourth-order valence-electron chi connectivity index (χ4n) is 3.73. The summed E-state index contributed by atoms with van der Waals surface area (Å²) in [6, 6.07) is 5.48. The van der Waals surface area contributed by atoms with Crippen LogP contribution in [0.25, 0.3) is 0 Å². The predicted octanol–water partition coefficient (Wildman–Crippen LogP) is 2.52. The number of pyridine rings is 1. The zero-order valence-electron chi connectivity index (χ0n) is 15.2. The van der Waals surface area contributed by atoms with Crippen LogP contribution in [0.1, 0.15) is 36.4 Å². The van der Waals surface area contributed by atoms with E-state index in [4.69, 9.17) is 21.7 Å². The maximum absolute atomic E-state index is 13.1. The highest BCUT2D eigenvalue weighted by Gasteiger charge is 2.37. The summed E-state index contributed by atoms with van der Waals surface area (Å²) in [6.07, 6.45) is 6.96. The zero-order valence-corrected chi connectivity index (χ0v) is 15.9. The Morgan fingerprint density at radius 2 is 2.11 bits per heavy atom. The number of piperidine rings is 1. The minimum atomic E-state index is -0.202. The molecule has 0 aliphatic carbocycles. The topological polar surface area (TPSA) is 95.2 Å². The predicted molar refractivity (Wildman–Crippen MR) is 101 cm³/mol. The van der Waals surface area contributed by atoms with Gasteiger partial charge in [0.1, 0.15) is 11.9 Å². The lowest BCUT2D eigenvalue weighted by atomic mass is 9.94. The molecule has 2 aliphatic heterocycles. The molecule has 0 N–H and O–H groups in total. The van der Waals surface area contributed by atoms with Crippen LogP contribution in [0.2, 0.25) is 5.28 Å². The third-order valence-electron chi connectivity index (χ3n) is 5.17. The number of hydrogen-bond acceptors (Lipinski definition) is 7. The van der Waals surface area contributed by atoms with Gasteiger partial charge in [0.15, 0.2) is 0 Å². The number of anilines is 1. The first-order valence-electron chi connectivity index (χ1n) is 9.20. The molecule has 1 atom stereocenters. The average Bonchev–Trinajstić information content (AvgIpc) is 3.23. The number of amides is 1. The normalized spacial score (nSPS) is 20.2. The van der Waals surface area contributed by atoms with Crippen LogP contribution in [0.5, 0.6) is 0 Å². The fourth-order valence-corrected chi connectivity index (χ4v) is 3.87. The van der Waals surface area contributed by atoms with E-state index in [-0.39, 0.29) is 23.2 Å². The Morgan fingerprint density at radius 3 is 2.86 bits per heavy atom. The molecular formula is C19H19ClN6O2. The molecule has 9 heteroatoms. The van der Waals surface area contributed by atoms with Crippen molar-refractivity contribution in [1.29, 1.82) is 5.26 Å². The molecule has 4 heterocycles. The maximum Gasteiger partial charge on any atom is 0.249 e. The molecule has 2 aliphatic rings. The van der Waals surface area contributed by atoms with E-state index in [2.05, 4.69) is 25.9 Å². The highest BCUT2D eigenvalue weighted by atomic mass is 35.5. The van der Waals surface area contributed by atoms with Gasteiger partial charge in [0, 0.05) is 44.0 Å². The molecule has 1 amide bonds. The molecule has 2 aromatic rings. The van der Waals surface area contributed by atoms with Gasteiger partial charge in [-0.1, -0.05) is 0 Å². The van der Waals surface area contributed by atoms with Gasteiger partial charge < -0.3 is 4.90 Å². The van der Waals surface area contributed by atoms with Gasteiger partial charge >= 0.3 is 0 Å². The van der Waals surface area contributed by atoms with Crippen LogP contribution >= 0.6 is 11.6 Å². The van der Waals surface area contributed by atoms with Gasteiger partial charge in [-0.05, 0) is 42.1 Å². The van der Waals surface area contributed by atoms with E-state index >= 15 is 0 Å². The van der Waals surface area contributed by atoms with Crippen LogP contribution < -0.4 is 4.90 Å². The third-order valence-corrected chi connectivity index (χ3v) is 5.36. The number of hydroxylamine groups is 2. The number of rotatable bonds is 3. The van der Waals surface area contributed by atoms with E-state index in [0.29, 0.717) is 44.5 Å². The molecule has 4 rings (SSSR count). The smallest absolute Gasteiger partial charge is 0.249 e. The molecule has 0 bridgehead atoms. The van der Waals surface area contributed by atoms with Gasteiger partial charge in [0.05, 0.1) is 18.2 Å². The van der Waals surface area contributed by atoms with Crippen LogP contribution in [-0.2, 0) is 9.63 Å². The number of halogens is 1. The van der Waals surface area contributed by atoms with E-state index in [1.807, 2.05) is 6.07 Å². The van der Waals surface area contributed by atoms with Crippen molar-refractivity contribution in [3.05, 3.63) is 47.1 Å². The van der Waals surface area contributed by atoms with Gasteiger partial charge in [-0.2, -0.15) is 5.26 Å². The Morgan fingerprint density at radius 1 is 1.29 bits per heavy atom. The van der Waals surface area contributed by atoms with Crippen molar-refractivity contribution in [3.63, 3.8) is 0 Å². The van der Waals surface area contributed by atoms with Gasteiger partial charge in [-0.25, -0.2) is 15.0 Å². The Labute approximate surface area is 167 Å². The highest BCUT2D eigenvalue weighted by Crippen LogP contribution is 2.33. The lowest BCUT2D eigenvalue weighted by molar-refractivity contribution is -0.182. The zero-order chi connectivity index (χ0) is 19.5. The summed E-state index contributed by atoms with van der Waals surface area (Å²) in [5.74, 6) is 0.659. The number of hydrogen-bond donors (Lipinski definition) is 0. The van der Waals surface area contributed by atoms with E-state index in [0.717, 1.165) is 11.4 Å². The molecule has 144 valence electrons. The summed E-state index contributed by atoms with van der Waals surface area (Å²) >= 11 is 5.87. The Balaban J connectivity index is 1.42. The van der Waals surface area contributed by atoms with Gasteiger partial charge in [0.2, 0.25) is 11.2 Å². The molecule has 0 aromatic carbocycles. The lowest BCUT2D eigenvalue weighted by Gasteiger charge is -2.34. The van der Waals surface area contributed by atoms with Crippen LogP contribution in [-0.4, -0.2) is 45.6 Å². The third kappa shape index (κ3) is 3.77. The SMILES string of the molecule is N#Cc1cncc([C@@H]2CCON2C(=O)C2CCN(c3ccnc(Cl)n3)CC2)c1. The first-order valence-corrected chi connectivity index (χ1v) is 9.58. The summed E-state index contributed by atoms with van der Waals surface area (Å²) in [4.78, 5) is 33.1. The second-order valence-electron chi connectivity index (χ2n) is 6.87. The monoisotopic (exact) mass is 398 g/mol. The molecule has 0 radical (unpaired) electrons. The van der Waals surface area contributed by atoms with Gasteiger partial charge in [-0.15, -0.1) is 0 Å². The van der Waals surface area contributed by atoms with Crippen LogP contribution in [0.3, 0.4) is 0 Å². The number of nitriles is 1. The Kier molecular flexibility index (Phi) is 5.37. The fraction of sp³-hybridized carbons (Fsp3) is 0.421. The summed E-state index contributed by atoms with van der Waals surface area (Å²) < 4.78 is 0. The maximum atomic E-state index is 13.1. The van der Waals surface area contributed by atoms with Crippen molar-refractivity contribution in [2.75, 3.05) is 24.6 Å². The van der Waals surface area contributed by atoms with E-state index in [9.17, 15) is 4.79 Å². The van der Waals surface area contributed by atoms with Crippen molar-refractivity contribution in [3.8, 4) is 6.07 Å². The number of aromatic nitrogens is 3. The second-order valence-corrected chi connectivity index (χ2v) is 7.20. The average molecular weight is 399 g/mol. The Bertz CT molecular complexity index is 909. The minimum Gasteiger partial charge on any atom is -0.356 e. The second kappa shape index (κ2) is 8.09. The molecule has 0 unspecified atom stereocenters.